The van der Waals surface area contributed by atoms with E-state index < -0.39 is 0 Å². The van der Waals surface area contributed by atoms with Crippen molar-refractivity contribution in [1.29, 1.82) is 0 Å². The molecular weight excluding hydrogens is 258 g/mol. The number of likely N-dealkylation sites (N-methyl/N-ethyl adjacent to an activating group) is 1. The number of nitrogens with one attached hydrogen (secondary N) is 1. The van der Waals surface area contributed by atoms with Crippen LogP contribution in [0.5, 0.6) is 5.75 Å². The summed E-state index contributed by atoms with van der Waals surface area (Å²) in [6, 6.07) is 5.62. The van der Waals surface area contributed by atoms with Crippen LogP contribution >= 0.6 is 0 Å². The van der Waals surface area contributed by atoms with Crippen molar-refractivity contribution in [2.45, 2.75) is 12.5 Å². The Balaban J connectivity index is 2.03. The van der Waals surface area contributed by atoms with E-state index in [9.17, 15) is 4.79 Å². The van der Waals surface area contributed by atoms with Gasteiger partial charge >= 0.3 is 0 Å². The molecule has 20 heavy (non-hydrogen) atoms. The average Bonchev–Trinajstić information content (AvgIpc) is 2.45. The fourth-order valence-electron chi connectivity index (χ4n) is 2.11. The zero-order valence-electron chi connectivity index (χ0n) is 11.9. The maximum absolute atomic E-state index is 11.9. The Morgan fingerprint density at radius 2 is 2.40 bits per heavy atom. The van der Waals surface area contributed by atoms with E-state index in [0.29, 0.717) is 13.2 Å². The van der Waals surface area contributed by atoms with Gasteiger partial charge in [0.25, 0.3) is 0 Å². The van der Waals surface area contributed by atoms with Crippen LogP contribution in [-0.2, 0) is 9.53 Å². The second kappa shape index (κ2) is 6.58. The standard InChI is InChI=1S/C14H21N3O3/c1-17-5-6-20-13-4-3-10(7-12(13)17)16-14(18)8-11(9-15)19-2/h3-4,7,11H,5-6,8-9,15H2,1-2H3,(H,16,18). The van der Waals surface area contributed by atoms with Gasteiger partial charge in [0.15, 0.2) is 0 Å². The largest absolute Gasteiger partial charge is 0.490 e. The minimum Gasteiger partial charge on any atom is -0.490 e. The number of ether oxygens (including phenoxy) is 2. The molecule has 0 radical (unpaired) electrons. The first-order valence-electron chi connectivity index (χ1n) is 6.64. The van der Waals surface area contributed by atoms with Crippen LogP contribution in [0.25, 0.3) is 0 Å². The molecule has 1 amide bonds. The summed E-state index contributed by atoms with van der Waals surface area (Å²) in [5, 5.41) is 2.85. The van der Waals surface area contributed by atoms with E-state index in [1.807, 2.05) is 25.2 Å². The maximum Gasteiger partial charge on any atom is 0.227 e. The predicted molar refractivity (Wildman–Crippen MR) is 78.3 cm³/mol. The highest BCUT2D eigenvalue weighted by Crippen LogP contribution is 2.33. The van der Waals surface area contributed by atoms with Crippen LogP contribution in [0.1, 0.15) is 6.42 Å². The Labute approximate surface area is 118 Å². The van der Waals surface area contributed by atoms with Gasteiger partial charge in [-0.15, -0.1) is 0 Å². The third kappa shape index (κ3) is 3.40. The van der Waals surface area contributed by atoms with E-state index in [0.717, 1.165) is 23.7 Å². The van der Waals surface area contributed by atoms with E-state index in [1.165, 1.54) is 0 Å². The van der Waals surface area contributed by atoms with Crippen LogP contribution < -0.4 is 20.7 Å². The highest BCUT2D eigenvalue weighted by molar-refractivity contribution is 5.92. The summed E-state index contributed by atoms with van der Waals surface area (Å²) < 4.78 is 10.7. The van der Waals surface area contributed by atoms with E-state index in [2.05, 4.69) is 10.2 Å². The van der Waals surface area contributed by atoms with Crippen LogP contribution in [0.3, 0.4) is 0 Å². The summed E-state index contributed by atoms with van der Waals surface area (Å²) in [6.07, 6.45) is -0.00481. The highest BCUT2D eigenvalue weighted by Gasteiger charge is 2.16. The third-order valence-electron chi connectivity index (χ3n) is 3.35. The molecule has 3 N–H and O–H groups in total. The average molecular weight is 279 g/mol. The molecule has 1 aliphatic heterocycles. The molecule has 1 atom stereocenters. The summed E-state index contributed by atoms with van der Waals surface area (Å²) in [4.78, 5) is 14.0. The Kier molecular flexibility index (Phi) is 4.81. The number of rotatable bonds is 5. The molecule has 0 bridgehead atoms. The first-order valence-corrected chi connectivity index (χ1v) is 6.64. The van der Waals surface area contributed by atoms with Gasteiger partial charge in [0.2, 0.25) is 5.91 Å². The molecule has 0 aliphatic carbocycles. The van der Waals surface area contributed by atoms with Gasteiger partial charge in [-0.1, -0.05) is 0 Å². The van der Waals surface area contributed by atoms with Gasteiger partial charge in [-0.2, -0.15) is 0 Å². The normalized spacial score (nSPS) is 15.2. The molecule has 2 rings (SSSR count). The van der Waals surface area contributed by atoms with Gasteiger partial charge in [0.05, 0.1) is 24.8 Å². The smallest absolute Gasteiger partial charge is 0.227 e. The van der Waals surface area contributed by atoms with Crippen molar-refractivity contribution >= 4 is 17.3 Å². The summed E-state index contributed by atoms with van der Waals surface area (Å²) in [6.45, 7) is 1.84. The molecule has 1 aromatic rings. The van der Waals surface area contributed by atoms with Gasteiger partial charge < -0.3 is 25.4 Å². The molecule has 1 heterocycles. The molecule has 0 spiro atoms. The number of hydrogen-bond acceptors (Lipinski definition) is 5. The van der Waals surface area contributed by atoms with Gasteiger partial charge in [0.1, 0.15) is 12.4 Å². The molecule has 1 aliphatic rings. The molecule has 110 valence electrons. The van der Waals surface area contributed by atoms with E-state index in [-0.39, 0.29) is 18.4 Å². The number of carbonyl (C=O) groups is 1. The molecule has 6 heteroatoms. The Bertz CT molecular complexity index is 475. The predicted octanol–water partition coefficient (Wildman–Crippen LogP) is 0.817. The molecular formula is C14H21N3O3. The molecule has 6 nitrogen and oxygen atoms in total. The van der Waals surface area contributed by atoms with Crippen molar-refractivity contribution in [3.8, 4) is 5.75 Å². The monoisotopic (exact) mass is 279 g/mol. The lowest BCUT2D eigenvalue weighted by Crippen LogP contribution is -2.29. The number of amides is 1. The Morgan fingerprint density at radius 3 is 3.10 bits per heavy atom. The number of benzene rings is 1. The topological polar surface area (TPSA) is 76.8 Å². The fourth-order valence-corrected chi connectivity index (χ4v) is 2.11. The van der Waals surface area contributed by atoms with Crippen molar-refractivity contribution in [1.82, 2.24) is 0 Å². The molecule has 0 aromatic heterocycles. The van der Waals surface area contributed by atoms with E-state index in [1.54, 1.807) is 7.11 Å². The minimum atomic E-state index is -0.251. The lowest BCUT2D eigenvalue weighted by molar-refractivity contribution is -0.118. The zero-order valence-corrected chi connectivity index (χ0v) is 11.9. The van der Waals surface area contributed by atoms with Crippen LogP contribution in [-0.4, -0.2) is 45.9 Å². The Hall–Kier alpha value is -1.79. The molecule has 1 unspecified atom stereocenters. The summed E-state index contributed by atoms with van der Waals surface area (Å²) in [5.41, 5.74) is 7.24. The summed E-state index contributed by atoms with van der Waals surface area (Å²) in [5.74, 6) is 0.732. The quantitative estimate of drug-likeness (QED) is 0.834. The van der Waals surface area contributed by atoms with Crippen molar-refractivity contribution in [2.75, 3.05) is 44.1 Å². The minimum absolute atomic E-state index is 0.110. The number of fused-ring (bicyclic) bond motifs is 1. The van der Waals surface area contributed by atoms with Crippen LogP contribution in [0, 0.1) is 0 Å². The number of anilines is 2. The van der Waals surface area contributed by atoms with E-state index in [4.69, 9.17) is 15.2 Å². The molecule has 0 fully saturated rings. The maximum atomic E-state index is 11.9. The molecule has 0 saturated carbocycles. The van der Waals surface area contributed by atoms with Crippen LogP contribution in [0.4, 0.5) is 11.4 Å². The molecule has 1 aromatic carbocycles. The van der Waals surface area contributed by atoms with E-state index >= 15 is 0 Å². The van der Waals surface area contributed by atoms with Crippen molar-refractivity contribution < 1.29 is 14.3 Å². The first-order chi connectivity index (χ1) is 9.63. The number of nitrogens with two attached hydrogens (primary N) is 1. The summed E-state index contributed by atoms with van der Waals surface area (Å²) >= 11 is 0. The van der Waals surface area contributed by atoms with Crippen molar-refractivity contribution in [2.24, 2.45) is 5.73 Å². The van der Waals surface area contributed by atoms with Gasteiger partial charge in [-0.25, -0.2) is 0 Å². The van der Waals surface area contributed by atoms with Crippen LogP contribution in [0.2, 0.25) is 0 Å². The second-order valence-corrected chi connectivity index (χ2v) is 4.80. The Morgan fingerprint density at radius 1 is 1.60 bits per heavy atom. The highest BCUT2D eigenvalue weighted by atomic mass is 16.5. The van der Waals surface area contributed by atoms with Crippen molar-refractivity contribution in [3.63, 3.8) is 0 Å². The summed E-state index contributed by atoms with van der Waals surface area (Å²) in [7, 11) is 3.55. The van der Waals surface area contributed by atoms with Crippen molar-refractivity contribution in [3.05, 3.63) is 18.2 Å². The van der Waals surface area contributed by atoms with Gasteiger partial charge in [0, 0.05) is 26.4 Å². The number of methoxy groups -OCH3 is 1. The molecule has 0 saturated heterocycles. The SMILES string of the molecule is COC(CN)CC(=O)Nc1ccc2c(c1)N(C)CCO2. The third-order valence-corrected chi connectivity index (χ3v) is 3.35. The van der Waals surface area contributed by atoms with Gasteiger partial charge in [-0.3, -0.25) is 4.79 Å². The van der Waals surface area contributed by atoms with Gasteiger partial charge in [-0.05, 0) is 18.2 Å². The number of hydrogen-bond donors (Lipinski definition) is 2. The second-order valence-electron chi connectivity index (χ2n) is 4.80. The lowest BCUT2D eigenvalue weighted by atomic mass is 10.2. The number of nitrogens with zero attached hydrogens (tertiary/aromatic N) is 1. The van der Waals surface area contributed by atoms with Crippen LogP contribution in [0.15, 0.2) is 18.2 Å². The zero-order chi connectivity index (χ0) is 14.5. The number of carbonyl (C=O) groups excluding carboxylic acids is 1. The fraction of sp³-hybridized carbons (Fsp3) is 0.500. The first kappa shape index (κ1) is 14.6. The lowest BCUT2D eigenvalue weighted by Gasteiger charge is -2.28.